The first-order valence-corrected chi connectivity index (χ1v) is 10.6. The second-order valence-electron chi connectivity index (χ2n) is 7.77. The predicted molar refractivity (Wildman–Crippen MR) is 119 cm³/mol. The van der Waals surface area contributed by atoms with Crippen molar-refractivity contribution in [2.75, 3.05) is 39.1 Å². The van der Waals surface area contributed by atoms with Crippen LogP contribution in [0.3, 0.4) is 0 Å². The summed E-state index contributed by atoms with van der Waals surface area (Å²) in [5.74, 6) is 0.346. The molecule has 8 nitrogen and oxygen atoms in total. The Balaban J connectivity index is 0.000000187. The number of H-pyrrole nitrogens is 1. The Morgan fingerprint density at radius 2 is 2.10 bits per heavy atom. The lowest BCUT2D eigenvalue weighted by Crippen LogP contribution is -2.39. The van der Waals surface area contributed by atoms with Crippen molar-refractivity contribution in [3.63, 3.8) is 0 Å². The van der Waals surface area contributed by atoms with Gasteiger partial charge in [0.2, 0.25) is 0 Å². The van der Waals surface area contributed by atoms with Gasteiger partial charge in [-0.25, -0.2) is 19.3 Å². The number of rotatable bonds is 5. The average molecular weight is 451 g/mol. The van der Waals surface area contributed by atoms with Crippen LogP contribution in [0.1, 0.15) is 19.8 Å². The Morgan fingerprint density at radius 1 is 1.35 bits per heavy atom. The fraction of sp³-hybridized carbons (Fsp3) is 0.476. The van der Waals surface area contributed by atoms with E-state index >= 15 is 0 Å². The highest BCUT2D eigenvalue weighted by Crippen LogP contribution is 2.27. The molecule has 1 atom stereocenters. The minimum absolute atomic E-state index is 0.190. The molecule has 3 aromatic heterocycles. The van der Waals surface area contributed by atoms with Gasteiger partial charge in [0.25, 0.3) is 0 Å². The molecule has 1 unspecified atom stereocenters. The van der Waals surface area contributed by atoms with E-state index in [4.69, 9.17) is 22.1 Å². The van der Waals surface area contributed by atoms with E-state index in [9.17, 15) is 9.50 Å². The zero-order chi connectivity index (χ0) is 22.4. The molecule has 0 aliphatic carbocycles. The number of nitrogens with two attached hydrogens (primary N) is 1. The Hall–Kier alpha value is -2.33. The number of hydrogen-bond acceptors (Lipinski definition) is 7. The molecule has 0 aromatic carbocycles. The second kappa shape index (κ2) is 10.8. The van der Waals surface area contributed by atoms with Crippen LogP contribution in [0.2, 0.25) is 5.02 Å². The minimum atomic E-state index is -0.644. The van der Waals surface area contributed by atoms with E-state index in [-0.39, 0.29) is 11.9 Å². The summed E-state index contributed by atoms with van der Waals surface area (Å²) in [4.78, 5) is 17.2. The van der Waals surface area contributed by atoms with Gasteiger partial charge in [0.1, 0.15) is 5.65 Å². The molecule has 4 N–H and O–H groups in total. The Morgan fingerprint density at radius 3 is 2.77 bits per heavy atom. The first kappa shape index (κ1) is 23.3. The largest absolute Gasteiger partial charge is 0.389 e. The third-order valence-electron chi connectivity index (χ3n) is 5.21. The summed E-state index contributed by atoms with van der Waals surface area (Å²) >= 11 is 5.89. The molecule has 0 saturated carbocycles. The molecule has 0 amide bonds. The number of halogens is 2. The van der Waals surface area contributed by atoms with Crippen LogP contribution in [0.15, 0.2) is 24.7 Å². The summed E-state index contributed by atoms with van der Waals surface area (Å²) in [7, 11) is 1.63. The number of nitrogen functional groups attached to an aromatic ring is 1. The van der Waals surface area contributed by atoms with Crippen molar-refractivity contribution < 1.29 is 14.2 Å². The maximum absolute atomic E-state index is 13.0. The molecule has 1 saturated heterocycles. The van der Waals surface area contributed by atoms with Gasteiger partial charge in [0.05, 0.1) is 23.9 Å². The van der Waals surface area contributed by atoms with E-state index in [2.05, 4.69) is 31.8 Å². The average Bonchev–Trinajstić information content (AvgIpc) is 3.15. The number of aromatic amines is 1. The third kappa shape index (κ3) is 6.33. The zero-order valence-electron chi connectivity index (χ0n) is 17.7. The molecule has 0 spiro atoms. The number of methoxy groups -OCH3 is 1. The van der Waals surface area contributed by atoms with Gasteiger partial charge in [-0.05, 0) is 37.9 Å². The standard InChI is InChI=1S/C11H7ClFN5.C10H21NO2/c12-5-1-6-7(3-16-10(6)15-2-5)11-17-4-8(13)9(14)18-11;1-9-3-5-11(6-4-9)7-10(12)8-13-2/h1-4H,(H,15,16)(H2,14,17,18);9-10,12H,3-8H2,1-2H3. The number of nitrogens with one attached hydrogen (secondary N) is 1. The van der Waals surface area contributed by atoms with E-state index in [0.29, 0.717) is 28.7 Å². The van der Waals surface area contributed by atoms with Gasteiger partial charge in [-0.3, -0.25) is 0 Å². The number of nitrogens with zero attached hydrogens (tertiary/aromatic N) is 4. The number of β-amino-alcohol motifs (C(OH)–C–C–N with tert-alkyl or cyclic N) is 1. The number of anilines is 1. The molecular formula is C21H28ClFN6O2. The van der Waals surface area contributed by atoms with Gasteiger partial charge in [-0.15, -0.1) is 0 Å². The van der Waals surface area contributed by atoms with Crippen LogP contribution >= 0.6 is 11.6 Å². The maximum atomic E-state index is 13.0. The zero-order valence-corrected chi connectivity index (χ0v) is 18.4. The van der Waals surface area contributed by atoms with Crippen molar-refractivity contribution in [1.29, 1.82) is 0 Å². The number of aliphatic hydroxyl groups excluding tert-OH is 1. The molecule has 168 valence electrons. The van der Waals surface area contributed by atoms with Crippen LogP contribution in [0.25, 0.3) is 22.4 Å². The van der Waals surface area contributed by atoms with Gasteiger partial charge in [-0.1, -0.05) is 18.5 Å². The SMILES string of the molecule is COCC(O)CN1CCC(C)CC1.Nc1nc(-c2c[nH]c3ncc(Cl)cc23)ncc1F. The van der Waals surface area contributed by atoms with Gasteiger partial charge in [0.15, 0.2) is 17.5 Å². The van der Waals surface area contributed by atoms with Crippen molar-refractivity contribution >= 4 is 28.5 Å². The lowest BCUT2D eigenvalue weighted by Gasteiger charge is -2.31. The number of aliphatic hydroxyl groups is 1. The highest BCUT2D eigenvalue weighted by Gasteiger charge is 2.18. The van der Waals surface area contributed by atoms with Gasteiger partial charge < -0.3 is 25.5 Å². The molecule has 0 radical (unpaired) electrons. The molecule has 0 bridgehead atoms. The molecular weight excluding hydrogens is 423 g/mol. The van der Waals surface area contributed by atoms with Crippen molar-refractivity contribution in [2.45, 2.75) is 25.9 Å². The third-order valence-corrected chi connectivity index (χ3v) is 5.42. The number of likely N-dealkylation sites (tertiary alicyclic amines) is 1. The molecule has 10 heteroatoms. The quantitative estimate of drug-likeness (QED) is 0.547. The first-order chi connectivity index (χ1) is 14.9. The number of ether oxygens (including phenoxy) is 1. The van der Waals surface area contributed by atoms with Gasteiger partial charge in [-0.2, -0.15) is 0 Å². The first-order valence-electron chi connectivity index (χ1n) is 10.2. The van der Waals surface area contributed by atoms with Crippen LogP contribution in [-0.4, -0.2) is 69.4 Å². The summed E-state index contributed by atoms with van der Waals surface area (Å²) < 4.78 is 17.9. The van der Waals surface area contributed by atoms with E-state index in [0.717, 1.165) is 37.1 Å². The lowest BCUT2D eigenvalue weighted by atomic mass is 9.99. The normalized spacial score (nSPS) is 16.2. The van der Waals surface area contributed by atoms with Crippen LogP contribution in [-0.2, 0) is 4.74 Å². The molecule has 31 heavy (non-hydrogen) atoms. The molecule has 4 heterocycles. The van der Waals surface area contributed by atoms with E-state index in [1.54, 1.807) is 19.4 Å². The van der Waals surface area contributed by atoms with Crippen LogP contribution in [0.5, 0.6) is 0 Å². The van der Waals surface area contributed by atoms with Crippen LogP contribution in [0.4, 0.5) is 10.2 Å². The Bertz CT molecular complexity index is 993. The van der Waals surface area contributed by atoms with Crippen molar-refractivity contribution in [3.05, 3.63) is 35.5 Å². The fourth-order valence-corrected chi connectivity index (χ4v) is 3.62. The topological polar surface area (TPSA) is 113 Å². The van der Waals surface area contributed by atoms with Crippen molar-refractivity contribution in [3.8, 4) is 11.4 Å². The number of aromatic nitrogens is 4. The number of pyridine rings is 1. The number of piperidine rings is 1. The predicted octanol–water partition coefficient (Wildman–Crippen LogP) is 3.12. The summed E-state index contributed by atoms with van der Waals surface area (Å²) in [6, 6.07) is 1.73. The fourth-order valence-electron chi connectivity index (χ4n) is 3.46. The summed E-state index contributed by atoms with van der Waals surface area (Å²) in [6.45, 7) is 5.76. The monoisotopic (exact) mass is 450 g/mol. The van der Waals surface area contributed by atoms with Gasteiger partial charge in [0, 0.05) is 37.0 Å². The Kier molecular flexibility index (Phi) is 8.14. The molecule has 1 aliphatic heterocycles. The number of hydrogen-bond donors (Lipinski definition) is 3. The van der Waals surface area contributed by atoms with Crippen molar-refractivity contribution in [2.24, 2.45) is 5.92 Å². The summed E-state index contributed by atoms with van der Waals surface area (Å²) in [5, 5.41) is 10.8. The Labute approximate surface area is 185 Å². The van der Waals surface area contributed by atoms with E-state index in [1.807, 2.05) is 0 Å². The van der Waals surface area contributed by atoms with Crippen molar-refractivity contribution in [1.82, 2.24) is 24.8 Å². The van der Waals surface area contributed by atoms with E-state index < -0.39 is 5.82 Å². The van der Waals surface area contributed by atoms with E-state index in [1.165, 1.54) is 19.0 Å². The molecule has 1 aliphatic rings. The van der Waals surface area contributed by atoms with Crippen LogP contribution < -0.4 is 5.73 Å². The molecule has 3 aromatic rings. The molecule has 1 fully saturated rings. The lowest BCUT2D eigenvalue weighted by molar-refractivity contribution is 0.0300. The minimum Gasteiger partial charge on any atom is -0.389 e. The summed E-state index contributed by atoms with van der Waals surface area (Å²) in [5.41, 5.74) is 6.75. The van der Waals surface area contributed by atoms with Crippen LogP contribution in [0, 0.1) is 11.7 Å². The highest BCUT2D eigenvalue weighted by atomic mass is 35.5. The molecule has 4 rings (SSSR count). The number of fused-ring (bicyclic) bond motifs is 1. The second-order valence-corrected chi connectivity index (χ2v) is 8.21. The summed E-state index contributed by atoms with van der Waals surface area (Å²) in [6.07, 6.45) is 6.46. The van der Waals surface area contributed by atoms with Gasteiger partial charge >= 0.3 is 0 Å². The maximum Gasteiger partial charge on any atom is 0.183 e. The highest BCUT2D eigenvalue weighted by molar-refractivity contribution is 6.31. The smallest absolute Gasteiger partial charge is 0.183 e.